The van der Waals surface area contributed by atoms with Crippen LogP contribution in [0.2, 0.25) is 0 Å². The molecule has 3 rings (SSSR count). The molecule has 154 valence electrons. The minimum Gasteiger partial charge on any atom is -0.497 e. The van der Waals surface area contributed by atoms with Crippen LogP contribution < -0.4 is 15.2 Å². The van der Waals surface area contributed by atoms with Gasteiger partial charge in [-0.05, 0) is 47.5 Å². The monoisotopic (exact) mass is 404 g/mol. The fourth-order valence-electron chi connectivity index (χ4n) is 3.28. The standard InChI is InChI=1S/C24H24N2O4/c1-29-20-13-11-19(12-14-20)24(28)26(16-17-7-6-10-21(15-17)30-2)22(23(25)27)18-8-4-3-5-9-18/h3-15,22H,16H2,1-2H3,(H2,25,27)/t22-/m1/s1. The van der Waals surface area contributed by atoms with Gasteiger partial charge < -0.3 is 20.1 Å². The zero-order valence-corrected chi connectivity index (χ0v) is 16.9. The number of carbonyl (C=O) groups excluding carboxylic acids is 2. The SMILES string of the molecule is COc1ccc(C(=O)N(Cc2cccc(OC)c2)[C@@H](C(N)=O)c2ccccc2)cc1. The zero-order valence-electron chi connectivity index (χ0n) is 16.9. The van der Waals surface area contributed by atoms with Gasteiger partial charge in [0.15, 0.2) is 0 Å². The van der Waals surface area contributed by atoms with Crippen LogP contribution in [-0.2, 0) is 11.3 Å². The minimum atomic E-state index is -0.924. The number of amides is 2. The average Bonchev–Trinajstić information content (AvgIpc) is 2.79. The average molecular weight is 404 g/mol. The lowest BCUT2D eigenvalue weighted by molar-refractivity contribution is -0.122. The van der Waals surface area contributed by atoms with Crippen LogP contribution in [0.1, 0.15) is 27.5 Å². The number of rotatable bonds is 8. The van der Waals surface area contributed by atoms with E-state index in [4.69, 9.17) is 15.2 Å². The van der Waals surface area contributed by atoms with Crippen LogP contribution in [0.3, 0.4) is 0 Å². The second-order valence-corrected chi connectivity index (χ2v) is 6.73. The molecule has 0 saturated heterocycles. The Morgan fingerprint density at radius 3 is 2.13 bits per heavy atom. The van der Waals surface area contributed by atoms with E-state index in [-0.39, 0.29) is 12.5 Å². The topological polar surface area (TPSA) is 81.9 Å². The van der Waals surface area contributed by atoms with Gasteiger partial charge in [-0.3, -0.25) is 9.59 Å². The van der Waals surface area contributed by atoms with E-state index in [0.29, 0.717) is 22.6 Å². The largest absolute Gasteiger partial charge is 0.497 e. The highest BCUT2D eigenvalue weighted by molar-refractivity contribution is 5.97. The first-order valence-corrected chi connectivity index (χ1v) is 9.45. The van der Waals surface area contributed by atoms with Gasteiger partial charge in [0, 0.05) is 12.1 Å². The van der Waals surface area contributed by atoms with Crippen LogP contribution in [0.15, 0.2) is 78.9 Å². The summed E-state index contributed by atoms with van der Waals surface area (Å²) < 4.78 is 10.5. The molecule has 0 aliphatic heterocycles. The second kappa shape index (κ2) is 9.60. The Morgan fingerprint density at radius 2 is 1.53 bits per heavy atom. The maximum atomic E-state index is 13.5. The van der Waals surface area contributed by atoms with E-state index in [2.05, 4.69) is 0 Å². The molecule has 30 heavy (non-hydrogen) atoms. The fraction of sp³-hybridized carbons (Fsp3) is 0.167. The molecule has 2 N–H and O–H groups in total. The molecule has 0 bridgehead atoms. The normalized spacial score (nSPS) is 11.4. The third kappa shape index (κ3) is 4.78. The molecule has 0 spiro atoms. The van der Waals surface area contributed by atoms with Gasteiger partial charge in [0.1, 0.15) is 17.5 Å². The highest BCUT2D eigenvalue weighted by atomic mass is 16.5. The number of carbonyl (C=O) groups is 2. The lowest BCUT2D eigenvalue weighted by Crippen LogP contribution is -2.41. The number of methoxy groups -OCH3 is 2. The number of primary amides is 1. The number of nitrogens with zero attached hydrogens (tertiary/aromatic N) is 1. The second-order valence-electron chi connectivity index (χ2n) is 6.73. The van der Waals surface area contributed by atoms with E-state index < -0.39 is 11.9 Å². The number of nitrogens with two attached hydrogens (primary N) is 1. The molecule has 0 heterocycles. The van der Waals surface area contributed by atoms with Gasteiger partial charge in [0.25, 0.3) is 5.91 Å². The highest BCUT2D eigenvalue weighted by Crippen LogP contribution is 2.26. The van der Waals surface area contributed by atoms with Gasteiger partial charge in [-0.15, -0.1) is 0 Å². The maximum Gasteiger partial charge on any atom is 0.255 e. The predicted molar refractivity (Wildman–Crippen MR) is 114 cm³/mol. The molecular formula is C24H24N2O4. The van der Waals surface area contributed by atoms with Crippen molar-refractivity contribution in [1.29, 1.82) is 0 Å². The summed E-state index contributed by atoms with van der Waals surface area (Å²) in [6.07, 6.45) is 0. The highest BCUT2D eigenvalue weighted by Gasteiger charge is 2.30. The molecule has 0 aliphatic rings. The number of hydrogen-bond donors (Lipinski definition) is 1. The van der Waals surface area contributed by atoms with E-state index in [1.807, 2.05) is 42.5 Å². The van der Waals surface area contributed by atoms with Gasteiger partial charge >= 0.3 is 0 Å². The molecule has 1 atom stereocenters. The van der Waals surface area contributed by atoms with Crippen molar-refractivity contribution in [2.24, 2.45) is 5.73 Å². The Kier molecular flexibility index (Phi) is 6.70. The van der Waals surface area contributed by atoms with Crippen molar-refractivity contribution in [2.45, 2.75) is 12.6 Å². The molecule has 0 aliphatic carbocycles. The quantitative estimate of drug-likeness (QED) is 0.622. The molecule has 6 heteroatoms. The molecule has 0 saturated carbocycles. The fourth-order valence-corrected chi connectivity index (χ4v) is 3.28. The third-order valence-electron chi connectivity index (χ3n) is 4.78. The predicted octanol–water partition coefficient (Wildman–Crippen LogP) is 3.57. The van der Waals surface area contributed by atoms with Crippen LogP contribution in [0, 0.1) is 0 Å². The lowest BCUT2D eigenvalue weighted by atomic mass is 10.0. The summed E-state index contributed by atoms with van der Waals surface area (Å²) in [5.74, 6) is 0.388. The van der Waals surface area contributed by atoms with Crippen molar-refractivity contribution < 1.29 is 19.1 Å². The Bertz CT molecular complexity index is 1000. The van der Waals surface area contributed by atoms with E-state index in [9.17, 15) is 9.59 Å². The molecule has 6 nitrogen and oxygen atoms in total. The summed E-state index contributed by atoms with van der Waals surface area (Å²) in [5, 5.41) is 0. The van der Waals surface area contributed by atoms with E-state index in [1.54, 1.807) is 50.6 Å². The maximum absolute atomic E-state index is 13.5. The molecule has 2 amide bonds. The molecule has 3 aromatic rings. The Balaban J connectivity index is 2.03. The lowest BCUT2D eigenvalue weighted by Gasteiger charge is -2.30. The van der Waals surface area contributed by atoms with Crippen LogP contribution in [0.25, 0.3) is 0 Å². The molecule has 0 unspecified atom stereocenters. The molecular weight excluding hydrogens is 380 g/mol. The number of benzene rings is 3. The third-order valence-corrected chi connectivity index (χ3v) is 4.78. The number of ether oxygens (including phenoxy) is 2. The van der Waals surface area contributed by atoms with Crippen molar-refractivity contribution >= 4 is 11.8 Å². The van der Waals surface area contributed by atoms with Crippen molar-refractivity contribution in [3.8, 4) is 11.5 Å². The van der Waals surface area contributed by atoms with Crippen molar-refractivity contribution in [2.75, 3.05) is 14.2 Å². The van der Waals surface area contributed by atoms with E-state index >= 15 is 0 Å². The van der Waals surface area contributed by atoms with Crippen LogP contribution in [0.5, 0.6) is 11.5 Å². The van der Waals surface area contributed by atoms with Crippen molar-refractivity contribution in [3.63, 3.8) is 0 Å². The first-order chi connectivity index (χ1) is 14.5. The minimum absolute atomic E-state index is 0.185. The van der Waals surface area contributed by atoms with Gasteiger partial charge in [0.2, 0.25) is 5.91 Å². The number of hydrogen-bond acceptors (Lipinski definition) is 4. The van der Waals surface area contributed by atoms with Gasteiger partial charge in [-0.1, -0.05) is 42.5 Å². The van der Waals surface area contributed by atoms with Crippen molar-refractivity contribution in [3.05, 3.63) is 95.6 Å². The van der Waals surface area contributed by atoms with Gasteiger partial charge in [0.05, 0.1) is 14.2 Å². The summed E-state index contributed by atoms with van der Waals surface area (Å²) in [5.41, 5.74) is 7.66. The zero-order chi connectivity index (χ0) is 21.5. The van der Waals surface area contributed by atoms with Gasteiger partial charge in [-0.25, -0.2) is 0 Å². The van der Waals surface area contributed by atoms with Crippen LogP contribution in [0.4, 0.5) is 0 Å². The van der Waals surface area contributed by atoms with Crippen LogP contribution in [-0.4, -0.2) is 30.9 Å². The van der Waals surface area contributed by atoms with Crippen molar-refractivity contribution in [1.82, 2.24) is 4.90 Å². The first kappa shape index (κ1) is 20.9. The first-order valence-electron chi connectivity index (χ1n) is 9.45. The summed E-state index contributed by atoms with van der Waals surface area (Å²) in [4.78, 5) is 27.4. The Morgan fingerprint density at radius 1 is 0.867 bits per heavy atom. The molecule has 0 aromatic heterocycles. The van der Waals surface area contributed by atoms with Gasteiger partial charge in [-0.2, -0.15) is 0 Å². The summed E-state index contributed by atoms with van der Waals surface area (Å²) in [6, 6.07) is 22.2. The van der Waals surface area contributed by atoms with E-state index in [0.717, 1.165) is 5.56 Å². The Hall–Kier alpha value is -3.80. The molecule has 3 aromatic carbocycles. The summed E-state index contributed by atoms with van der Waals surface area (Å²) in [7, 11) is 3.14. The summed E-state index contributed by atoms with van der Waals surface area (Å²) in [6.45, 7) is 0.185. The molecule has 0 radical (unpaired) electrons. The molecule has 0 fully saturated rings. The summed E-state index contributed by atoms with van der Waals surface area (Å²) >= 11 is 0. The Labute approximate surface area is 175 Å². The van der Waals surface area contributed by atoms with Crippen LogP contribution >= 0.6 is 0 Å². The van der Waals surface area contributed by atoms with E-state index in [1.165, 1.54) is 4.90 Å². The smallest absolute Gasteiger partial charge is 0.255 e.